The maximum Gasteiger partial charge on any atom is 0.122 e. The second-order valence-electron chi connectivity index (χ2n) is 3.33. The van der Waals surface area contributed by atoms with Crippen LogP contribution in [0.4, 0.5) is 0 Å². The van der Waals surface area contributed by atoms with E-state index in [2.05, 4.69) is 10.1 Å². The molecule has 1 atom stereocenters. The van der Waals surface area contributed by atoms with Crippen LogP contribution in [0, 0.1) is 0 Å². The molecule has 0 fully saturated rings. The minimum Gasteiger partial charge on any atom is -0.386 e. The monoisotopic (exact) mass is 223 g/mol. The Bertz CT molecular complexity index is 447. The van der Waals surface area contributed by atoms with Crippen LogP contribution in [0.25, 0.3) is 11.3 Å². The molecular formula is C10H13N3OS. The molecular weight excluding hydrogens is 210 g/mol. The number of nitrogens with zero attached hydrogens (tertiary/aromatic N) is 3. The third-order valence-electron chi connectivity index (χ3n) is 2.13. The molecule has 0 bridgehead atoms. The molecule has 5 heteroatoms. The Hall–Kier alpha value is -1.20. The highest BCUT2D eigenvalue weighted by Gasteiger charge is 2.09. The van der Waals surface area contributed by atoms with Gasteiger partial charge in [0.15, 0.2) is 0 Å². The fraction of sp³-hybridized carbons (Fsp3) is 0.400. The number of rotatable bonds is 3. The molecule has 0 amide bonds. The Balaban J connectivity index is 2.28. The van der Waals surface area contributed by atoms with Gasteiger partial charge in [-0.05, 0) is 13.8 Å². The minimum atomic E-state index is -0.495. The van der Waals surface area contributed by atoms with Crippen LogP contribution in [0.5, 0.6) is 0 Å². The molecule has 0 radical (unpaired) electrons. The summed E-state index contributed by atoms with van der Waals surface area (Å²) >= 11 is 1.47. The van der Waals surface area contributed by atoms with E-state index in [1.807, 2.05) is 23.2 Å². The molecule has 0 aromatic carbocycles. The summed E-state index contributed by atoms with van der Waals surface area (Å²) in [5, 5.41) is 16.2. The van der Waals surface area contributed by atoms with E-state index in [-0.39, 0.29) is 0 Å². The molecule has 15 heavy (non-hydrogen) atoms. The molecule has 2 rings (SSSR count). The van der Waals surface area contributed by atoms with Crippen LogP contribution in [0.1, 0.15) is 25.0 Å². The summed E-state index contributed by atoms with van der Waals surface area (Å²) in [6, 6.07) is 0. The van der Waals surface area contributed by atoms with Gasteiger partial charge in [-0.2, -0.15) is 5.10 Å². The average Bonchev–Trinajstić information content (AvgIpc) is 2.86. The Morgan fingerprint density at radius 1 is 1.60 bits per heavy atom. The van der Waals surface area contributed by atoms with Crippen LogP contribution in [0.15, 0.2) is 17.8 Å². The lowest BCUT2D eigenvalue weighted by Gasteiger charge is -1.95. The van der Waals surface area contributed by atoms with Crippen LogP contribution in [-0.4, -0.2) is 19.9 Å². The van der Waals surface area contributed by atoms with E-state index in [4.69, 9.17) is 0 Å². The molecule has 0 saturated heterocycles. The van der Waals surface area contributed by atoms with E-state index >= 15 is 0 Å². The van der Waals surface area contributed by atoms with Crippen molar-refractivity contribution in [2.75, 3.05) is 0 Å². The first-order valence-electron chi connectivity index (χ1n) is 4.87. The lowest BCUT2D eigenvalue weighted by Crippen LogP contribution is -1.92. The summed E-state index contributed by atoms with van der Waals surface area (Å²) < 4.78 is 1.86. The van der Waals surface area contributed by atoms with Crippen LogP contribution < -0.4 is 0 Å². The van der Waals surface area contributed by atoms with Crippen molar-refractivity contribution in [3.05, 3.63) is 22.8 Å². The Morgan fingerprint density at radius 3 is 2.93 bits per heavy atom. The Kier molecular flexibility index (Phi) is 2.83. The zero-order valence-corrected chi connectivity index (χ0v) is 9.53. The van der Waals surface area contributed by atoms with Gasteiger partial charge in [-0.1, -0.05) is 0 Å². The number of aliphatic hydroxyl groups is 1. The highest BCUT2D eigenvalue weighted by atomic mass is 32.1. The predicted molar refractivity (Wildman–Crippen MR) is 59.6 cm³/mol. The fourth-order valence-electron chi connectivity index (χ4n) is 1.28. The van der Waals surface area contributed by atoms with E-state index < -0.39 is 6.10 Å². The molecule has 2 heterocycles. The summed E-state index contributed by atoms with van der Waals surface area (Å²) in [5.41, 5.74) is 1.88. The summed E-state index contributed by atoms with van der Waals surface area (Å²) in [5.74, 6) is 0. The van der Waals surface area contributed by atoms with Crippen molar-refractivity contribution in [2.45, 2.75) is 26.5 Å². The minimum absolute atomic E-state index is 0.495. The van der Waals surface area contributed by atoms with Crippen molar-refractivity contribution >= 4 is 11.3 Å². The van der Waals surface area contributed by atoms with Crippen LogP contribution in [0.2, 0.25) is 0 Å². The topological polar surface area (TPSA) is 50.9 Å². The van der Waals surface area contributed by atoms with Gasteiger partial charge in [0.05, 0.1) is 11.9 Å². The van der Waals surface area contributed by atoms with Crippen LogP contribution >= 0.6 is 11.3 Å². The quantitative estimate of drug-likeness (QED) is 0.866. The molecule has 1 unspecified atom stereocenters. The van der Waals surface area contributed by atoms with E-state index in [1.165, 1.54) is 11.3 Å². The second kappa shape index (κ2) is 4.12. The summed E-state index contributed by atoms with van der Waals surface area (Å²) in [6.45, 7) is 4.62. The first-order valence-corrected chi connectivity index (χ1v) is 5.75. The van der Waals surface area contributed by atoms with Crippen molar-refractivity contribution < 1.29 is 5.11 Å². The molecule has 4 nitrogen and oxygen atoms in total. The van der Waals surface area contributed by atoms with Gasteiger partial charge in [-0.15, -0.1) is 11.3 Å². The predicted octanol–water partition coefficient (Wildman–Crippen LogP) is 2.08. The van der Waals surface area contributed by atoms with Gasteiger partial charge < -0.3 is 5.11 Å². The van der Waals surface area contributed by atoms with Crippen molar-refractivity contribution in [1.82, 2.24) is 14.8 Å². The number of aryl methyl sites for hydroxylation is 1. The van der Waals surface area contributed by atoms with E-state index in [0.717, 1.165) is 22.8 Å². The average molecular weight is 223 g/mol. The molecule has 80 valence electrons. The molecule has 0 aliphatic heterocycles. The van der Waals surface area contributed by atoms with Gasteiger partial charge in [0.1, 0.15) is 11.1 Å². The fourth-order valence-corrected chi connectivity index (χ4v) is 2.05. The zero-order valence-electron chi connectivity index (χ0n) is 8.71. The first kappa shape index (κ1) is 10.3. The number of aliphatic hydroxyl groups excluding tert-OH is 1. The lowest BCUT2D eigenvalue weighted by atomic mass is 10.3. The first-order chi connectivity index (χ1) is 7.20. The van der Waals surface area contributed by atoms with Gasteiger partial charge in [0.25, 0.3) is 0 Å². The van der Waals surface area contributed by atoms with Crippen molar-refractivity contribution in [2.24, 2.45) is 0 Å². The maximum absolute atomic E-state index is 9.36. The largest absolute Gasteiger partial charge is 0.386 e. The Labute approximate surface area is 92.2 Å². The van der Waals surface area contributed by atoms with Gasteiger partial charge in [-0.3, -0.25) is 4.68 Å². The van der Waals surface area contributed by atoms with Gasteiger partial charge in [0, 0.05) is 23.7 Å². The highest BCUT2D eigenvalue weighted by Crippen LogP contribution is 2.24. The van der Waals surface area contributed by atoms with Crippen molar-refractivity contribution in [1.29, 1.82) is 0 Å². The standard InChI is InChI=1S/C10H13N3OS/c1-3-13-5-8(4-11-13)9-6-15-10(12-9)7(2)14/h4-7,14H,3H2,1-2H3. The summed E-state index contributed by atoms with van der Waals surface area (Å²) in [4.78, 5) is 4.34. The summed E-state index contributed by atoms with van der Waals surface area (Å²) in [6.07, 6.45) is 3.26. The molecule has 0 aliphatic carbocycles. The SMILES string of the molecule is CCn1cc(-c2csc(C(C)O)n2)cn1. The van der Waals surface area contributed by atoms with Gasteiger partial charge >= 0.3 is 0 Å². The third-order valence-corrected chi connectivity index (χ3v) is 3.15. The molecule has 0 spiro atoms. The highest BCUT2D eigenvalue weighted by molar-refractivity contribution is 7.10. The van der Waals surface area contributed by atoms with E-state index in [0.29, 0.717) is 0 Å². The van der Waals surface area contributed by atoms with Crippen molar-refractivity contribution in [3.63, 3.8) is 0 Å². The number of hydrogen-bond donors (Lipinski definition) is 1. The molecule has 1 N–H and O–H groups in total. The van der Waals surface area contributed by atoms with E-state index in [9.17, 15) is 5.11 Å². The second-order valence-corrected chi connectivity index (χ2v) is 4.22. The number of hydrogen-bond acceptors (Lipinski definition) is 4. The molecule has 2 aromatic rings. The molecule has 0 saturated carbocycles. The van der Waals surface area contributed by atoms with Crippen LogP contribution in [-0.2, 0) is 6.54 Å². The normalized spacial score (nSPS) is 13.0. The zero-order chi connectivity index (χ0) is 10.8. The van der Waals surface area contributed by atoms with E-state index in [1.54, 1.807) is 13.1 Å². The van der Waals surface area contributed by atoms with Gasteiger partial charge in [-0.25, -0.2) is 4.98 Å². The number of thiazole rings is 1. The van der Waals surface area contributed by atoms with Crippen molar-refractivity contribution in [3.8, 4) is 11.3 Å². The Morgan fingerprint density at radius 2 is 2.40 bits per heavy atom. The molecule has 0 aliphatic rings. The van der Waals surface area contributed by atoms with Gasteiger partial charge in [0.2, 0.25) is 0 Å². The maximum atomic E-state index is 9.36. The lowest BCUT2D eigenvalue weighted by molar-refractivity contribution is 0.199. The smallest absolute Gasteiger partial charge is 0.122 e. The van der Waals surface area contributed by atoms with Crippen LogP contribution in [0.3, 0.4) is 0 Å². The molecule has 2 aromatic heterocycles. The number of aromatic nitrogens is 3. The third kappa shape index (κ3) is 2.08. The summed E-state index contributed by atoms with van der Waals surface area (Å²) in [7, 11) is 0.